The topological polar surface area (TPSA) is 76.9 Å². The number of benzene rings is 1. The number of nitrogens with zero attached hydrogens (tertiary/aromatic N) is 1. The van der Waals surface area contributed by atoms with Crippen LogP contribution in [0.25, 0.3) is 11.3 Å². The van der Waals surface area contributed by atoms with Crippen molar-refractivity contribution in [3.05, 3.63) is 42.4 Å². The summed E-state index contributed by atoms with van der Waals surface area (Å²) in [5.41, 5.74) is 2.49. The number of aromatic amines is 1. The summed E-state index contributed by atoms with van der Waals surface area (Å²) in [6.07, 6.45) is 3.70. The van der Waals surface area contributed by atoms with Crippen molar-refractivity contribution >= 4 is 10.1 Å². The van der Waals surface area contributed by atoms with Crippen LogP contribution < -0.4 is 4.57 Å². The SMILES string of the molecule is CCc1[nH]cc(-c2ccccc2)[n+]1C.CS(=O)(=O)[O-]. The normalized spacial score (nSPS) is 10.7. The lowest BCUT2D eigenvalue weighted by atomic mass is 10.2. The zero-order valence-electron chi connectivity index (χ0n) is 11.3. The number of rotatable bonds is 2. The van der Waals surface area contributed by atoms with Gasteiger partial charge < -0.3 is 4.55 Å². The maximum Gasteiger partial charge on any atom is 0.254 e. The summed E-state index contributed by atoms with van der Waals surface area (Å²) in [5.74, 6) is 1.25. The van der Waals surface area contributed by atoms with Crippen LogP contribution in [0.4, 0.5) is 0 Å². The van der Waals surface area contributed by atoms with Crippen LogP contribution in [-0.4, -0.2) is 24.2 Å². The molecular weight excluding hydrogens is 264 g/mol. The number of imidazole rings is 1. The van der Waals surface area contributed by atoms with Gasteiger partial charge in [-0.05, 0) is 0 Å². The molecule has 0 spiro atoms. The first kappa shape index (κ1) is 15.4. The van der Waals surface area contributed by atoms with Gasteiger partial charge in [0.25, 0.3) is 5.82 Å². The largest absolute Gasteiger partial charge is 0.748 e. The average molecular weight is 282 g/mol. The van der Waals surface area contributed by atoms with Crippen LogP contribution in [0.1, 0.15) is 12.7 Å². The molecule has 2 aromatic rings. The highest BCUT2D eigenvalue weighted by Crippen LogP contribution is 2.14. The van der Waals surface area contributed by atoms with Crippen LogP contribution in [-0.2, 0) is 23.6 Å². The van der Waals surface area contributed by atoms with E-state index in [1.165, 1.54) is 17.1 Å². The molecule has 0 fully saturated rings. The Morgan fingerprint density at radius 2 is 1.79 bits per heavy atom. The van der Waals surface area contributed by atoms with E-state index in [0.29, 0.717) is 6.26 Å². The third-order valence-electron chi connectivity index (χ3n) is 2.55. The molecule has 0 unspecified atom stereocenters. The smallest absolute Gasteiger partial charge is 0.254 e. The Bertz CT molecular complexity index is 611. The van der Waals surface area contributed by atoms with Crippen molar-refractivity contribution in [3.8, 4) is 11.3 Å². The lowest BCUT2D eigenvalue weighted by Crippen LogP contribution is -2.33. The van der Waals surface area contributed by atoms with Gasteiger partial charge in [-0.2, -0.15) is 0 Å². The van der Waals surface area contributed by atoms with E-state index in [-0.39, 0.29) is 0 Å². The van der Waals surface area contributed by atoms with E-state index >= 15 is 0 Å². The number of aromatic nitrogens is 2. The number of hydrogen-bond acceptors (Lipinski definition) is 3. The van der Waals surface area contributed by atoms with Crippen molar-refractivity contribution in [1.29, 1.82) is 0 Å². The molecule has 0 saturated heterocycles. The molecule has 1 N–H and O–H groups in total. The molecule has 0 saturated carbocycles. The van der Waals surface area contributed by atoms with Crippen molar-refractivity contribution in [2.75, 3.05) is 6.26 Å². The summed E-state index contributed by atoms with van der Waals surface area (Å²) in [6.45, 7) is 2.15. The first-order valence-electron chi connectivity index (χ1n) is 5.85. The van der Waals surface area contributed by atoms with Gasteiger partial charge in [0.05, 0.1) is 17.2 Å². The second-order valence-electron chi connectivity index (χ2n) is 4.10. The monoisotopic (exact) mass is 282 g/mol. The lowest BCUT2D eigenvalue weighted by molar-refractivity contribution is -0.667. The van der Waals surface area contributed by atoms with E-state index < -0.39 is 10.1 Å². The molecule has 6 heteroatoms. The molecule has 0 aliphatic rings. The molecule has 5 nitrogen and oxygen atoms in total. The van der Waals surface area contributed by atoms with E-state index in [0.717, 1.165) is 6.42 Å². The standard InChI is InChI=1S/C12H14N2.CH4O3S/c1-3-12-13-9-11(14(12)2)10-7-5-4-6-8-10;1-5(2,3)4/h4-9H,3H2,1-2H3;1H3,(H,2,3,4). The van der Waals surface area contributed by atoms with Gasteiger partial charge in [-0.1, -0.05) is 37.3 Å². The minimum atomic E-state index is -3.92. The fourth-order valence-corrected chi connectivity index (χ4v) is 1.72. The first-order chi connectivity index (χ1) is 8.83. The van der Waals surface area contributed by atoms with Gasteiger partial charge in [0.15, 0.2) is 5.69 Å². The molecule has 19 heavy (non-hydrogen) atoms. The summed E-state index contributed by atoms with van der Waals surface area (Å²) < 4.78 is 29.4. The van der Waals surface area contributed by atoms with Crippen molar-refractivity contribution < 1.29 is 17.5 Å². The Balaban J connectivity index is 0.000000312. The molecule has 2 rings (SSSR count). The molecule has 0 aliphatic carbocycles. The molecule has 0 radical (unpaired) electrons. The van der Waals surface area contributed by atoms with Crippen molar-refractivity contribution in [2.24, 2.45) is 7.05 Å². The minimum Gasteiger partial charge on any atom is -0.748 e. The van der Waals surface area contributed by atoms with Crippen LogP contribution in [0.3, 0.4) is 0 Å². The van der Waals surface area contributed by atoms with Gasteiger partial charge in [0, 0.05) is 18.2 Å². The van der Waals surface area contributed by atoms with Gasteiger partial charge in [0.1, 0.15) is 6.20 Å². The summed E-state index contributed by atoms with van der Waals surface area (Å²) in [7, 11) is -1.82. The number of nitrogens with one attached hydrogen (secondary N) is 1. The van der Waals surface area contributed by atoms with E-state index in [2.05, 4.69) is 54.0 Å². The maximum atomic E-state index is 9.08. The van der Waals surface area contributed by atoms with Gasteiger partial charge in [0.2, 0.25) is 0 Å². The van der Waals surface area contributed by atoms with Crippen LogP contribution in [0.2, 0.25) is 0 Å². The van der Waals surface area contributed by atoms with Crippen molar-refractivity contribution in [2.45, 2.75) is 13.3 Å². The molecule has 0 atom stereocenters. The van der Waals surface area contributed by atoms with Crippen LogP contribution in [0.5, 0.6) is 0 Å². The molecule has 0 amide bonds. The van der Waals surface area contributed by atoms with Gasteiger partial charge in [-0.15, -0.1) is 0 Å². The number of H-pyrrole nitrogens is 1. The molecule has 0 aliphatic heterocycles. The highest BCUT2D eigenvalue weighted by atomic mass is 32.2. The highest BCUT2D eigenvalue weighted by Gasteiger charge is 2.13. The molecule has 1 aromatic heterocycles. The Labute approximate surface area is 113 Å². The van der Waals surface area contributed by atoms with Crippen molar-refractivity contribution in [3.63, 3.8) is 0 Å². The molecule has 1 aromatic carbocycles. The van der Waals surface area contributed by atoms with E-state index in [1.54, 1.807) is 0 Å². The van der Waals surface area contributed by atoms with E-state index in [4.69, 9.17) is 13.0 Å². The zero-order valence-corrected chi connectivity index (χ0v) is 12.1. The Morgan fingerprint density at radius 1 is 1.26 bits per heavy atom. The third kappa shape index (κ3) is 5.23. The third-order valence-corrected chi connectivity index (χ3v) is 2.55. The minimum absolute atomic E-state index is 0.604. The summed E-state index contributed by atoms with van der Waals surface area (Å²) in [4.78, 5) is 3.29. The Morgan fingerprint density at radius 3 is 2.21 bits per heavy atom. The Kier molecular flexibility index (Phi) is 5.26. The Hall–Kier alpha value is -1.66. The lowest BCUT2D eigenvalue weighted by Gasteiger charge is -1.96. The number of aryl methyl sites for hydroxylation is 1. The number of hydrogen-bond donors (Lipinski definition) is 1. The van der Waals surface area contributed by atoms with Crippen LogP contribution in [0, 0.1) is 0 Å². The van der Waals surface area contributed by atoms with E-state index in [1.807, 2.05) is 6.07 Å². The second kappa shape index (κ2) is 6.49. The summed E-state index contributed by atoms with van der Waals surface area (Å²) in [6, 6.07) is 10.4. The van der Waals surface area contributed by atoms with Gasteiger partial charge in [-0.25, -0.2) is 18.0 Å². The first-order valence-corrected chi connectivity index (χ1v) is 7.67. The highest BCUT2D eigenvalue weighted by molar-refractivity contribution is 7.84. The fraction of sp³-hybridized carbons (Fsp3) is 0.308. The summed E-state index contributed by atoms with van der Waals surface area (Å²) >= 11 is 0. The average Bonchev–Trinajstić information content (AvgIpc) is 2.69. The molecule has 104 valence electrons. The van der Waals surface area contributed by atoms with Gasteiger partial charge in [-0.3, -0.25) is 0 Å². The van der Waals surface area contributed by atoms with Crippen LogP contribution >= 0.6 is 0 Å². The zero-order chi connectivity index (χ0) is 14.5. The molecule has 1 heterocycles. The predicted molar refractivity (Wildman–Crippen MR) is 72.4 cm³/mol. The maximum absolute atomic E-state index is 9.08. The predicted octanol–water partition coefficient (Wildman–Crippen LogP) is 1.23. The van der Waals surface area contributed by atoms with Gasteiger partial charge >= 0.3 is 0 Å². The quantitative estimate of drug-likeness (QED) is 0.665. The van der Waals surface area contributed by atoms with E-state index in [9.17, 15) is 0 Å². The molecule has 0 bridgehead atoms. The fourth-order valence-electron chi connectivity index (χ4n) is 1.72. The summed E-state index contributed by atoms with van der Waals surface area (Å²) in [5, 5.41) is 0. The molecular formula is C13H18N2O3S. The van der Waals surface area contributed by atoms with Crippen LogP contribution in [0.15, 0.2) is 36.5 Å². The van der Waals surface area contributed by atoms with Crippen molar-refractivity contribution in [1.82, 2.24) is 4.98 Å². The second-order valence-corrected chi connectivity index (χ2v) is 5.51.